The predicted molar refractivity (Wildman–Crippen MR) is 119 cm³/mol. The highest BCUT2D eigenvalue weighted by molar-refractivity contribution is 7.88. The molecule has 2 N–H and O–H groups in total. The molecule has 1 aromatic heterocycles. The first-order valence-electron chi connectivity index (χ1n) is 10.7. The van der Waals surface area contributed by atoms with Crippen LogP contribution in [0.1, 0.15) is 31.5 Å². The summed E-state index contributed by atoms with van der Waals surface area (Å²) in [5.74, 6) is 0.356. The highest BCUT2D eigenvalue weighted by atomic mass is 32.2. The molecule has 170 valence electrons. The van der Waals surface area contributed by atoms with Crippen molar-refractivity contribution >= 4 is 32.9 Å². The molecule has 0 bridgehead atoms. The van der Waals surface area contributed by atoms with Crippen molar-refractivity contribution in [3.63, 3.8) is 0 Å². The van der Waals surface area contributed by atoms with Gasteiger partial charge in [0.25, 0.3) is 0 Å². The van der Waals surface area contributed by atoms with Crippen LogP contribution in [-0.4, -0.2) is 66.5 Å². The Labute approximate surface area is 183 Å². The summed E-state index contributed by atoms with van der Waals surface area (Å²) < 4.78 is 27.2. The van der Waals surface area contributed by atoms with Gasteiger partial charge in [-0.15, -0.1) is 0 Å². The topological polar surface area (TPSA) is 113 Å². The molecule has 10 heteroatoms. The summed E-state index contributed by atoms with van der Waals surface area (Å²) in [4.78, 5) is 29.3. The molecule has 3 rings (SSSR count). The molecule has 2 amide bonds. The SMILES string of the molecule is Cn1c(CCNC(=O)C2CCCN(S(C)(=O)=O)CCC(=O)NCC2)nc2ccccc21. The fourth-order valence-electron chi connectivity index (χ4n) is 3.93. The van der Waals surface area contributed by atoms with Gasteiger partial charge in [0.1, 0.15) is 5.82 Å². The smallest absolute Gasteiger partial charge is 0.223 e. The zero-order chi connectivity index (χ0) is 22.4. The van der Waals surface area contributed by atoms with Crippen LogP contribution in [0.25, 0.3) is 11.0 Å². The van der Waals surface area contributed by atoms with Crippen molar-refractivity contribution in [1.82, 2.24) is 24.5 Å². The second kappa shape index (κ2) is 10.2. The number of nitrogens with one attached hydrogen (secondary N) is 2. The summed E-state index contributed by atoms with van der Waals surface area (Å²) in [6, 6.07) is 7.91. The van der Waals surface area contributed by atoms with E-state index in [-0.39, 0.29) is 30.7 Å². The Hall–Kier alpha value is -2.46. The highest BCUT2D eigenvalue weighted by Gasteiger charge is 2.23. The number of aromatic nitrogens is 2. The van der Waals surface area contributed by atoms with E-state index in [9.17, 15) is 18.0 Å². The van der Waals surface area contributed by atoms with E-state index in [0.29, 0.717) is 45.3 Å². The first-order chi connectivity index (χ1) is 14.8. The number of sulfonamides is 1. The third kappa shape index (κ3) is 6.27. The molecule has 9 nitrogen and oxygen atoms in total. The minimum atomic E-state index is -3.38. The van der Waals surface area contributed by atoms with Crippen molar-refractivity contribution < 1.29 is 18.0 Å². The number of nitrogens with zero attached hydrogens (tertiary/aromatic N) is 3. The molecule has 2 aromatic rings. The fraction of sp³-hybridized carbons (Fsp3) is 0.571. The maximum Gasteiger partial charge on any atom is 0.223 e. The molecular weight excluding hydrogens is 418 g/mol. The van der Waals surface area contributed by atoms with Crippen molar-refractivity contribution in [2.45, 2.75) is 32.1 Å². The van der Waals surface area contributed by atoms with Gasteiger partial charge in [-0.25, -0.2) is 17.7 Å². The first kappa shape index (κ1) is 23.2. The van der Waals surface area contributed by atoms with Gasteiger partial charge >= 0.3 is 0 Å². The molecule has 1 unspecified atom stereocenters. The molecule has 1 atom stereocenters. The molecule has 31 heavy (non-hydrogen) atoms. The van der Waals surface area contributed by atoms with Gasteiger partial charge < -0.3 is 15.2 Å². The molecule has 0 saturated carbocycles. The molecule has 1 aliphatic rings. The monoisotopic (exact) mass is 449 g/mol. The number of hydrogen-bond donors (Lipinski definition) is 2. The predicted octanol–water partition coefficient (Wildman–Crippen LogP) is 0.800. The molecule has 2 heterocycles. The molecule has 0 aliphatic carbocycles. The van der Waals surface area contributed by atoms with E-state index in [1.807, 2.05) is 35.9 Å². The van der Waals surface area contributed by atoms with E-state index in [1.165, 1.54) is 4.31 Å². The summed E-state index contributed by atoms with van der Waals surface area (Å²) >= 11 is 0. The molecule has 1 aromatic carbocycles. The minimum absolute atomic E-state index is 0.0711. The second-order valence-electron chi connectivity index (χ2n) is 8.01. The van der Waals surface area contributed by atoms with E-state index in [0.717, 1.165) is 23.1 Å². The molecule has 0 spiro atoms. The first-order valence-corrected chi connectivity index (χ1v) is 12.5. The summed E-state index contributed by atoms with van der Waals surface area (Å²) in [5, 5.41) is 5.78. The number of hydrogen-bond acceptors (Lipinski definition) is 5. The standard InChI is InChI=1S/C21H31N5O4S/c1-25-18-8-4-3-7-17(18)24-19(25)10-13-23-21(28)16-6-5-14-26(31(2,29)30)15-11-20(27)22-12-9-16/h3-4,7-8,16H,5-6,9-15H2,1-2H3,(H,22,27)(H,23,28). The van der Waals surface area contributed by atoms with Crippen molar-refractivity contribution in [2.75, 3.05) is 32.4 Å². The van der Waals surface area contributed by atoms with Crippen LogP contribution in [0.15, 0.2) is 24.3 Å². The van der Waals surface area contributed by atoms with Crippen LogP contribution >= 0.6 is 0 Å². The van der Waals surface area contributed by atoms with E-state index >= 15 is 0 Å². The Kier molecular flexibility index (Phi) is 7.66. The van der Waals surface area contributed by atoms with Crippen molar-refractivity contribution in [1.29, 1.82) is 0 Å². The van der Waals surface area contributed by atoms with Crippen LogP contribution in [0.2, 0.25) is 0 Å². The van der Waals surface area contributed by atoms with Gasteiger partial charge in [-0.05, 0) is 31.4 Å². The van der Waals surface area contributed by atoms with Crippen LogP contribution in [0.5, 0.6) is 0 Å². The Balaban J connectivity index is 1.57. The number of carbonyl (C=O) groups is 2. The van der Waals surface area contributed by atoms with Crippen LogP contribution in [0.3, 0.4) is 0 Å². The molecule has 0 radical (unpaired) electrons. The van der Waals surface area contributed by atoms with Crippen LogP contribution in [-0.2, 0) is 33.1 Å². The Bertz CT molecular complexity index is 1030. The highest BCUT2D eigenvalue weighted by Crippen LogP contribution is 2.16. The number of aryl methyl sites for hydroxylation is 1. The number of imidazole rings is 1. The second-order valence-corrected chi connectivity index (χ2v) is 9.99. The van der Waals surface area contributed by atoms with Gasteiger partial charge in [0.15, 0.2) is 0 Å². The van der Waals surface area contributed by atoms with Gasteiger partial charge in [-0.1, -0.05) is 12.1 Å². The Morgan fingerprint density at radius 1 is 1.26 bits per heavy atom. The number of benzene rings is 1. The van der Waals surface area contributed by atoms with Gasteiger partial charge in [0.05, 0.1) is 17.3 Å². The van der Waals surface area contributed by atoms with Gasteiger partial charge in [0, 0.05) is 52.0 Å². The third-order valence-corrected chi connectivity index (χ3v) is 7.03. The zero-order valence-electron chi connectivity index (χ0n) is 18.1. The van der Waals surface area contributed by atoms with Crippen LogP contribution in [0, 0.1) is 5.92 Å². The number of fused-ring (bicyclic) bond motifs is 1. The van der Waals surface area contributed by atoms with E-state index in [1.54, 1.807) is 0 Å². The fourth-order valence-corrected chi connectivity index (χ4v) is 4.81. The molecule has 1 fully saturated rings. The summed E-state index contributed by atoms with van der Waals surface area (Å²) in [7, 11) is -1.42. The lowest BCUT2D eigenvalue weighted by Gasteiger charge is -2.20. The van der Waals surface area contributed by atoms with E-state index in [2.05, 4.69) is 15.6 Å². The molecular formula is C21H31N5O4S. The number of rotatable bonds is 5. The van der Waals surface area contributed by atoms with Gasteiger partial charge in [0.2, 0.25) is 21.8 Å². The lowest BCUT2D eigenvalue weighted by atomic mass is 9.98. The number of amides is 2. The largest absolute Gasteiger partial charge is 0.356 e. The number of carbonyl (C=O) groups excluding carboxylic acids is 2. The van der Waals surface area contributed by atoms with Gasteiger partial charge in [-0.3, -0.25) is 9.59 Å². The molecule has 1 aliphatic heterocycles. The van der Waals surface area contributed by atoms with Crippen LogP contribution in [0.4, 0.5) is 0 Å². The normalized spacial score (nSPS) is 19.5. The maximum atomic E-state index is 12.8. The lowest BCUT2D eigenvalue weighted by Crippen LogP contribution is -2.35. The lowest BCUT2D eigenvalue weighted by molar-refractivity contribution is -0.126. The van der Waals surface area contributed by atoms with E-state index < -0.39 is 10.0 Å². The Morgan fingerprint density at radius 3 is 2.77 bits per heavy atom. The van der Waals surface area contributed by atoms with Crippen molar-refractivity contribution in [2.24, 2.45) is 13.0 Å². The van der Waals surface area contributed by atoms with Crippen molar-refractivity contribution in [3.8, 4) is 0 Å². The summed E-state index contributed by atoms with van der Waals surface area (Å²) in [5.41, 5.74) is 1.99. The van der Waals surface area contributed by atoms with Crippen molar-refractivity contribution in [3.05, 3.63) is 30.1 Å². The molecule has 1 saturated heterocycles. The average molecular weight is 450 g/mol. The summed E-state index contributed by atoms with van der Waals surface area (Å²) in [6.45, 7) is 1.35. The average Bonchev–Trinajstić information content (AvgIpc) is 3.01. The number of para-hydroxylation sites is 2. The maximum absolute atomic E-state index is 12.8. The quantitative estimate of drug-likeness (QED) is 0.701. The van der Waals surface area contributed by atoms with E-state index in [4.69, 9.17) is 0 Å². The third-order valence-electron chi connectivity index (χ3n) is 5.73. The Morgan fingerprint density at radius 2 is 2.03 bits per heavy atom. The minimum Gasteiger partial charge on any atom is -0.356 e. The zero-order valence-corrected chi connectivity index (χ0v) is 19.0. The van der Waals surface area contributed by atoms with Gasteiger partial charge in [-0.2, -0.15) is 0 Å². The summed E-state index contributed by atoms with van der Waals surface area (Å²) in [6.07, 6.45) is 3.56. The van der Waals surface area contributed by atoms with Crippen LogP contribution < -0.4 is 10.6 Å².